The molecule has 0 N–H and O–H groups in total. The van der Waals surface area contributed by atoms with Gasteiger partial charge in [-0.3, -0.25) is 0 Å². The molecule has 0 amide bonds. The van der Waals surface area contributed by atoms with Crippen molar-refractivity contribution >= 4 is 6.16 Å². The number of para-hydroxylation sites is 2. The zero-order valence-corrected chi connectivity index (χ0v) is 13.6. The lowest BCUT2D eigenvalue weighted by Crippen LogP contribution is -2.16. The molecular weight excluding hydrogens is 276 g/mol. The fourth-order valence-corrected chi connectivity index (χ4v) is 2.46. The van der Waals surface area contributed by atoms with Gasteiger partial charge in [-0.05, 0) is 48.9 Å². The number of carbonyl (C=O) groups excluding carboxylic acids is 1. The predicted octanol–water partition coefficient (Wildman–Crippen LogP) is 5.01. The molecule has 0 aliphatic heterocycles. The summed E-state index contributed by atoms with van der Waals surface area (Å²) in [6, 6.07) is 11.7. The van der Waals surface area contributed by atoms with Crippen LogP contribution in [0.2, 0.25) is 0 Å². The minimum absolute atomic E-state index is 0.599. The Morgan fingerprint density at radius 1 is 0.818 bits per heavy atom. The molecule has 0 atom stereocenters. The van der Waals surface area contributed by atoms with E-state index in [2.05, 4.69) is 0 Å². The number of benzene rings is 2. The number of hydrogen-bond acceptors (Lipinski definition) is 3. The molecule has 0 aliphatic carbocycles. The Bertz CT molecular complexity index is 617. The Hall–Kier alpha value is -2.29. The van der Waals surface area contributed by atoms with Crippen LogP contribution in [0.5, 0.6) is 11.5 Å². The molecule has 2 aromatic rings. The first-order valence-corrected chi connectivity index (χ1v) is 7.63. The van der Waals surface area contributed by atoms with Gasteiger partial charge in [0.15, 0.2) is 0 Å². The van der Waals surface area contributed by atoms with Crippen molar-refractivity contribution in [3.63, 3.8) is 0 Å². The third-order valence-corrected chi connectivity index (χ3v) is 3.72. The van der Waals surface area contributed by atoms with Crippen LogP contribution < -0.4 is 9.47 Å². The first-order valence-electron chi connectivity index (χ1n) is 7.63. The fourth-order valence-electron chi connectivity index (χ4n) is 2.46. The van der Waals surface area contributed by atoms with E-state index in [-0.39, 0.29) is 0 Å². The maximum absolute atomic E-state index is 12.2. The highest BCUT2D eigenvalue weighted by molar-refractivity contribution is 5.69. The minimum atomic E-state index is -0.687. The molecule has 2 aromatic carbocycles. The van der Waals surface area contributed by atoms with Gasteiger partial charge in [-0.25, -0.2) is 4.79 Å². The topological polar surface area (TPSA) is 35.5 Å². The summed E-state index contributed by atoms with van der Waals surface area (Å²) in [5.41, 5.74) is 3.85. The van der Waals surface area contributed by atoms with E-state index < -0.39 is 6.16 Å². The standard InChI is InChI=1S/C19H22O3/c1-5-15-11-7-9-13(3)17(15)21-19(20)22-18-14(4)10-8-12-16(18)6-2/h7-12H,5-6H2,1-4H3. The Morgan fingerprint density at radius 2 is 1.23 bits per heavy atom. The normalized spacial score (nSPS) is 10.4. The van der Waals surface area contributed by atoms with Crippen molar-refractivity contribution in [3.05, 3.63) is 58.7 Å². The van der Waals surface area contributed by atoms with Gasteiger partial charge in [0.2, 0.25) is 0 Å². The van der Waals surface area contributed by atoms with Crippen LogP contribution in [0.15, 0.2) is 36.4 Å². The zero-order chi connectivity index (χ0) is 16.1. The van der Waals surface area contributed by atoms with Gasteiger partial charge in [0.25, 0.3) is 0 Å². The van der Waals surface area contributed by atoms with E-state index >= 15 is 0 Å². The molecule has 0 spiro atoms. The van der Waals surface area contributed by atoms with E-state index in [1.807, 2.05) is 64.1 Å². The summed E-state index contributed by atoms with van der Waals surface area (Å²) >= 11 is 0. The minimum Gasteiger partial charge on any atom is -0.394 e. The molecule has 0 bridgehead atoms. The van der Waals surface area contributed by atoms with E-state index in [0.717, 1.165) is 35.1 Å². The summed E-state index contributed by atoms with van der Waals surface area (Å²) in [6.45, 7) is 7.91. The Kier molecular flexibility index (Phi) is 5.21. The second-order valence-corrected chi connectivity index (χ2v) is 5.29. The van der Waals surface area contributed by atoms with Crippen molar-refractivity contribution in [1.82, 2.24) is 0 Å². The average molecular weight is 298 g/mol. The Labute approximate surface area is 131 Å². The lowest BCUT2D eigenvalue weighted by molar-refractivity contribution is 0.150. The largest absolute Gasteiger partial charge is 0.519 e. The highest BCUT2D eigenvalue weighted by atomic mass is 16.7. The lowest BCUT2D eigenvalue weighted by Gasteiger charge is -2.14. The van der Waals surface area contributed by atoms with Gasteiger partial charge in [0, 0.05) is 0 Å². The van der Waals surface area contributed by atoms with Crippen molar-refractivity contribution < 1.29 is 14.3 Å². The quantitative estimate of drug-likeness (QED) is 0.588. The molecule has 0 heterocycles. The molecule has 0 saturated carbocycles. The summed E-state index contributed by atoms with van der Waals surface area (Å²) in [5.74, 6) is 1.20. The second kappa shape index (κ2) is 7.12. The van der Waals surface area contributed by atoms with Crippen LogP contribution in [0.4, 0.5) is 4.79 Å². The number of ether oxygens (including phenoxy) is 2. The van der Waals surface area contributed by atoms with Crippen molar-refractivity contribution in [3.8, 4) is 11.5 Å². The molecule has 3 nitrogen and oxygen atoms in total. The maximum Gasteiger partial charge on any atom is 0.519 e. The van der Waals surface area contributed by atoms with Crippen molar-refractivity contribution in [1.29, 1.82) is 0 Å². The first-order chi connectivity index (χ1) is 10.6. The lowest BCUT2D eigenvalue weighted by atomic mass is 10.1. The van der Waals surface area contributed by atoms with E-state index in [0.29, 0.717) is 11.5 Å². The number of rotatable bonds is 4. The van der Waals surface area contributed by atoms with Crippen LogP contribution in [0.3, 0.4) is 0 Å². The van der Waals surface area contributed by atoms with Crippen molar-refractivity contribution in [2.75, 3.05) is 0 Å². The summed E-state index contributed by atoms with van der Waals surface area (Å²) < 4.78 is 10.9. The molecule has 0 unspecified atom stereocenters. The fraction of sp³-hybridized carbons (Fsp3) is 0.316. The van der Waals surface area contributed by atoms with Crippen molar-refractivity contribution in [2.45, 2.75) is 40.5 Å². The highest BCUT2D eigenvalue weighted by Gasteiger charge is 2.16. The van der Waals surface area contributed by atoms with E-state index in [4.69, 9.17) is 9.47 Å². The number of aryl methyl sites for hydroxylation is 4. The molecular formula is C19H22O3. The molecule has 0 radical (unpaired) electrons. The highest BCUT2D eigenvalue weighted by Crippen LogP contribution is 2.27. The van der Waals surface area contributed by atoms with E-state index in [1.54, 1.807) is 0 Å². The summed E-state index contributed by atoms with van der Waals surface area (Å²) in [7, 11) is 0. The molecule has 0 aromatic heterocycles. The Morgan fingerprint density at radius 3 is 1.59 bits per heavy atom. The van der Waals surface area contributed by atoms with Crippen molar-refractivity contribution in [2.24, 2.45) is 0 Å². The second-order valence-electron chi connectivity index (χ2n) is 5.29. The molecule has 2 rings (SSSR count). The van der Waals surface area contributed by atoms with Crippen LogP contribution in [0, 0.1) is 13.8 Å². The van der Waals surface area contributed by atoms with Gasteiger partial charge >= 0.3 is 6.16 Å². The monoisotopic (exact) mass is 298 g/mol. The summed E-state index contributed by atoms with van der Waals surface area (Å²) in [6.07, 6.45) is 0.914. The molecule has 3 heteroatoms. The molecule has 0 fully saturated rings. The molecule has 0 saturated heterocycles. The average Bonchev–Trinajstić information content (AvgIpc) is 2.51. The number of carbonyl (C=O) groups is 1. The van der Waals surface area contributed by atoms with Gasteiger partial charge in [0.05, 0.1) is 0 Å². The summed E-state index contributed by atoms with van der Waals surface area (Å²) in [4.78, 5) is 12.2. The van der Waals surface area contributed by atoms with Crippen LogP contribution >= 0.6 is 0 Å². The van der Waals surface area contributed by atoms with E-state index in [1.165, 1.54) is 0 Å². The third-order valence-electron chi connectivity index (χ3n) is 3.72. The van der Waals surface area contributed by atoms with Gasteiger partial charge in [-0.1, -0.05) is 50.2 Å². The molecule has 22 heavy (non-hydrogen) atoms. The van der Waals surface area contributed by atoms with E-state index in [9.17, 15) is 4.79 Å². The first kappa shape index (κ1) is 16.1. The van der Waals surface area contributed by atoms with Gasteiger partial charge in [-0.2, -0.15) is 0 Å². The van der Waals surface area contributed by atoms with Crippen LogP contribution in [-0.4, -0.2) is 6.16 Å². The van der Waals surface area contributed by atoms with Gasteiger partial charge in [0.1, 0.15) is 11.5 Å². The smallest absolute Gasteiger partial charge is 0.394 e. The SMILES string of the molecule is CCc1cccc(C)c1OC(=O)Oc1c(C)cccc1CC. The number of hydrogen-bond donors (Lipinski definition) is 0. The van der Waals surface area contributed by atoms with Gasteiger partial charge < -0.3 is 9.47 Å². The van der Waals surface area contributed by atoms with Crippen LogP contribution in [0.1, 0.15) is 36.1 Å². The van der Waals surface area contributed by atoms with Gasteiger partial charge in [-0.15, -0.1) is 0 Å². The van der Waals surface area contributed by atoms with Crippen LogP contribution in [-0.2, 0) is 12.8 Å². The predicted molar refractivity (Wildman–Crippen MR) is 87.8 cm³/mol. The zero-order valence-electron chi connectivity index (χ0n) is 13.6. The third kappa shape index (κ3) is 3.48. The maximum atomic E-state index is 12.2. The summed E-state index contributed by atoms with van der Waals surface area (Å²) in [5, 5.41) is 0. The Balaban J connectivity index is 2.22. The molecule has 116 valence electrons. The van der Waals surface area contributed by atoms with Crippen LogP contribution in [0.25, 0.3) is 0 Å². The molecule has 0 aliphatic rings.